The van der Waals surface area contributed by atoms with Crippen LogP contribution >= 0.6 is 0 Å². The van der Waals surface area contributed by atoms with Crippen molar-refractivity contribution in [3.8, 4) is 0 Å². The van der Waals surface area contributed by atoms with Crippen LogP contribution in [0.3, 0.4) is 0 Å². The van der Waals surface area contributed by atoms with E-state index in [1.807, 2.05) is 6.92 Å². The Hall–Kier alpha value is -1.64. The molecule has 0 N–H and O–H groups in total. The second kappa shape index (κ2) is 5.29. The third-order valence-corrected chi connectivity index (χ3v) is 2.12. The summed E-state index contributed by atoms with van der Waals surface area (Å²) in [5, 5.41) is 0. The molecule has 1 aromatic rings. The van der Waals surface area contributed by atoms with Gasteiger partial charge in [0, 0.05) is 13.1 Å². The molecule has 0 radical (unpaired) electrons. The van der Waals surface area contributed by atoms with Crippen molar-refractivity contribution < 1.29 is 9.18 Å². The van der Waals surface area contributed by atoms with Gasteiger partial charge in [-0.15, -0.1) is 6.58 Å². The summed E-state index contributed by atoms with van der Waals surface area (Å²) in [5.74, 6) is -0.777. The standard InChI is InChI=1S/C12H14FNO/c1-3-9-14(4-2)12(15)10-7-5-6-8-11(10)13/h3,5-8H,1,4,9H2,2H3. The molecule has 0 spiro atoms. The first-order valence-electron chi connectivity index (χ1n) is 4.85. The van der Waals surface area contributed by atoms with Gasteiger partial charge in [-0.25, -0.2) is 4.39 Å². The zero-order valence-electron chi connectivity index (χ0n) is 8.74. The van der Waals surface area contributed by atoms with E-state index in [-0.39, 0.29) is 11.5 Å². The Bertz CT molecular complexity index is 362. The molecule has 0 aliphatic rings. The molecule has 0 bridgehead atoms. The first kappa shape index (κ1) is 11.4. The van der Waals surface area contributed by atoms with Gasteiger partial charge in [-0.3, -0.25) is 4.79 Å². The molecule has 1 rings (SSSR count). The van der Waals surface area contributed by atoms with Crippen molar-refractivity contribution in [2.45, 2.75) is 6.92 Å². The number of hydrogen-bond acceptors (Lipinski definition) is 1. The van der Waals surface area contributed by atoms with Crippen LogP contribution in [0.1, 0.15) is 17.3 Å². The molecule has 3 heteroatoms. The van der Waals surface area contributed by atoms with Crippen molar-refractivity contribution in [2.75, 3.05) is 13.1 Å². The van der Waals surface area contributed by atoms with Gasteiger partial charge in [0.1, 0.15) is 5.82 Å². The molecule has 0 aliphatic heterocycles. The lowest BCUT2D eigenvalue weighted by Crippen LogP contribution is -2.31. The maximum Gasteiger partial charge on any atom is 0.257 e. The molecule has 0 unspecified atom stereocenters. The van der Waals surface area contributed by atoms with Crippen LogP contribution in [0.2, 0.25) is 0 Å². The molecule has 0 heterocycles. The fourth-order valence-electron chi connectivity index (χ4n) is 1.32. The molecule has 15 heavy (non-hydrogen) atoms. The summed E-state index contributed by atoms with van der Waals surface area (Å²) < 4.78 is 13.3. The quantitative estimate of drug-likeness (QED) is 0.694. The summed E-state index contributed by atoms with van der Waals surface area (Å²) in [6.45, 7) is 6.38. The second-order valence-corrected chi connectivity index (χ2v) is 3.11. The number of amides is 1. The SMILES string of the molecule is C=CCN(CC)C(=O)c1ccccc1F. The van der Waals surface area contributed by atoms with E-state index in [1.54, 1.807) is 18.2 Å². The molecule has 1 aromatic carbocycles. The topological polar surface area (TPSA) is 20.3 Å². The Morgan fingerprint density at radius 2 is 2.20 bits per heavy atom. The second-order valence-electron chi connectivity index (χ2n) is 3.11. The average molecular weight is 207 g/mol. The Kier molecular flexibility index (Phi) is 4.03. The van der Waals surface area contributed by atoms with Gasteiger partial charge in [0.05, 0.1) is 5.56 Å². The minimum Gasteiger partial charge on any atom is -0.335 e. The van der Waals surface area contributed by atoms with Crippen LogP contribution in [0.4, 0.5) is 4.39 Å². The zero-order chi connectivity index (χ0) is 11.3. The van der Waals surface area contributed by atoms with E-state index in [2.05, 4.69) is 6.58 Å². The molecule has 2 nitrogen and oxygen atoms in total. The molecule has 80 valence electrons. The van der Waals surface area contributed by atoms with E-state index in [1.165, 1.54) is 17.0 Å². The first-order chi connectivity index (χ1) is 7.20. The van der Waals surface area contributed by atoms with E-state index in [4.69, 9.17) is 0 Å². The van der Waals surface area contributed by atoms with Crippen molar-refractivity contribution in [2.24, 2.45) is 0 Å². The Morgan fingerprint density at radius 1 is 1.53 bits per heavy atom. The molecule has 0 fully saturated rings. The van der Waals surface area contributed by atoms with Crippen LogP contribution in [-0.2, 0) is 0 Å². The van der Waals surface area contributed by atoms with E-state index in [0.29, 0.717) is 13.1 Å². The van der Waals surface area contributed by atoms with Crippen LogP contribution < -0.4 is 0 Å². The highest BCUT2D eigenvalue weighted by atomic mass is 19.1. The van der Waals surface area contributed by atoms with Gasteiger partial charge < -0.3 is 4.90 Å². The summed E-state index contributed by atoms with van der Waals surface area (Å²) in [7, 11) is 0. The molecule has 0 saturated carbocycles. The van der Waals surface area contributed by atoms with Crippen LogP contribution in [-0.4, -0.2) is 23.9 Å². The lowest BCUT2D eigenvalue weighted by molar-refractivity contribution is 0.0777. The number of carbonyl (C=O) groups excluding carboxylic acids is 1. The highest BCUT2D eigenvalue weighted by Crippen LogP contribution is 2.09. The van der Waals surface area contributed by atoms with Crippen LogP contribution in [0.5, 0.6) is 0 Å². The van der Waals surface area contributed by atoms with Gasteiger partial charge in [-0.2, -0.15) is 0 Å². The fourth-order valence-corrected chi connectivity index (χ4v) is 1.32. The van der Waals surface area contributed by atoms with Crippen LogP contribution in [0.15, 0.2) is 36.9 Å². The molecule has 1 amide bonds. The average Bonchev–Trinajstić information content (AvgIpc) is 2.25. The highest BCUT2D eigenvalue weighted by Gasteiger charge is 2.15. The lowest BCUT2D eigenvalue weighted by Gasteiger charge is -2.19. The smallest absolute Gasteiger partial charge is 0.257 e. The summed E-state index contributed by atoms with van der Waals surface area (Å²) >= 11 is 0. The van der Waals surface area contributed by atoms with Gasteiger partial charge >= 0.3 is 0 Å². The Balaban J connectivity index is 2.92. The van der Waals surface area contributed by atoms with Gasteiger partial charge in [0.25, 0.3) is 5.91 Å². The number of halogens is 1. The zero-order valence-corrected chi connectivity index (χ0v) is 8.74. The van der Waals surface area contributed by atoms with Crippen molar-refractivity contribution in [3.63, 3.8) is 0 Å². The monoisotopic (exact) mass is 207 g/mol. The molecular formula is C12H14FNO. The van der Waals surface area contributed by atoms with Gasteiger partial charge in [-0.1, -0.05) is 18.2 Å². The fraction of sp³-hybridized carbons (Fsp3) is 0.250. The predicted octanol–water partition coefficient (Wildman–Crippen LogP) is 2.47. The third-order valence-electron chi connectivity index (χ3n) is 2.12. The molecule has 0 atom stereocenters. The van der Waals surface area contributed by atoms with Gasteiger partial charge in [-0.05, 0) is 19.1 Å². The largest absolute Gasteiger partial charge is 0.335 e. The Labute approximate surface area is 89.0 Å². The van der Waals surface area contributed by atoms with Crippen LogP contribution in [0, 0.1) is 5.82 Å². The van der Waals surface area contributed by atoms with Crippen molar-refractivity contribution in [3.05, 3.63) is 48.3 Å². The van der Waals surface area contributed by atoms with Crippen molar-refractivity contribution in [1.82, 2.24) is 4.90 Å². The van der Waals surface area contributed by atoms with Gasteiger partial charge in [0.15, 0.2) is 0 Å². The summed E-state index contributed by atoms with van der Waals surface area (Å²) in [6.07, 6.45) is 1.63. The number of benzene rings is 1. The van der Waals surface area contributed by atoms with E-state index in [9.17, 15) is 9.18 Å². The molecule has 0 saturated heterocycles. The van der Waals surface area contributed by atoms with Gasteiger partial charge in [0.2, 0.25) is 0 Å². The number of rotatable bonds is 4. The maximum absolute atomic E-state index is 13.3. The molecular weight excluding hydrogens is 193 g/mol. The maximum atomic E-state index is 13.3. The van der Waals surface area contributed by atoms with Crippen molar-refractivity contribution in [1.29, 1.82) is 0 Å². The lowest BCUT2D eigenvalue weighted by atomic mass is 10.2. The summed E-state index contributed by atoms with van der Waals surface area (Å²) in [4.78, 5) is 13.4. The normalized spacial score (nSPS) is 9.73. The number of hydrogen-bond donors (Lipinski definition) is 0. The van der Waals surface area contributed by atoms with E-state index >= 15 is 0 Å². The number of carbonyl (C=O) groups is 1. The van der Waals surface area contributed by atoms with E-state index < -0.39 is 5.82 Å². The predicted molar refractivity (Wildman–Crippen MR) is 58.2 cm³/mol. The first-order valence-corrected chi connectivity index (χ1v) is 4.85. The minimum atomic E-state index is -0.481. The van der Waals surface area contributed by atoms with Crippen LogP contribution in [0.25, 0.3) is 0 Å². The third kappa shape index (κ3) is 2.65. The number of nitrogens with zero attached hydrogens (tertiary/aromatic N) is 1. The number of likely N-dealkylation sites (N-methyl/N-ethyl adjacent to an activating group) is 1. The minimum absolute atomic E-state index is 0.112. The van der Waals surface area contributed by atoms with Crippen molar-refractivity contribution >= 4 is 5.91 Å². The highest BCUT2D eigenvalue weighted by molar-refractivity contribution is 5.94. The van der Waals surface area contributed by atoms with E-state index in [0.717, 1.165) is 0 Å². The summed E-state index contributed by atoms with van der Waals surface area (Å²) in [6, 6.07) is 5.99. The Morgan fingerprint density at radius 3 is 2.73 bits per heavy atom. The molecule has 0 aromatic heterocycles. The molecule has 0 aliphatic carbocycles. The summed E-state index contributed by atoms with van der Waals surface area (Å²) in [5.41, 5.74) is 0.112.